The summed E-state index contributed by atoms with van der Waals surface area (Å²) in [7, 11) is 0. The fourth-order valence-corrected chi connectivity index (χ4v) is 4.77. The van der Waals surface area contributed by atoms with Crippen LogP contribution in [0.5, 0.6) is 0 Å². The standard InChI is InChI=1S/C27H32N4O2/c28-23(13-10-18-5-2-1-3-6-18)27(33)31-24-8-4-7-22(24)25(32)14-11-19-9-12-21-20(17-19)15-16-30-26(21)29/h1-3,5-6,9,12,15-17,22-24H,4,7-8,10-11,13-14,28H2,(H2,29,30)(H,31,33)/t22-,23+,24-/m0/s1. The average molecular weight is 445 g/mol. The van der Waals surface area contributed by atoms with Crippen molar-refractivity contribution in [1.29, 1.82) is 0 Å². The van der Waals surface area contributed by atoms with Crippen molar-refractivity contribution in [2.45, 2.75) is 57.0 Å². The lowest BCUT2D eigenvalue weighted by atomic mass is 9.93. The van der Waals surface area contributed by atoms with Crippen molar-refractivity contribution in [3.8, 4) is 0 Å². The predicted octanol–water partition coefficient (Wildman–Crippen LogP) is 3.56. The minimum atomic E-state index is -0.568. The molecule has 1 aliphatic carbocycles. The van der Waals surface area contributed by atoms with Crippen LogP contribution in [0.15, 0.2) is 60.8 Å². The van der Waals surface area contributed by atoms with E-state index in [4.69, 9.17) is 11.5 Å². The van der Waals surface area contributed by atoms with E-state index in [-0.39, 0.29) is 23.7 Å². The maximum atomic E-state index is 13.0. The van der Waals surface area contributed by atoms with E-state index >= 15 is 0 Å². The molecule has 0 saturated heterocycles. The highest BCUT2D eigenvalue weighted by molar-refractivity contribution is 5.91. The van der Waals surface area contributed by atoms with Crippen molar-refractivity contribution in [1.82, 2.24) is 10.3 Å². The van der Waals surface area contributed by atoms with E-state index < -0.39 is 6.04 Å². The molecule has 1 aromatic heterocycles. The third kappa shape index (κ3) is 5.76. The second-order valence-electron chi connectivity index (χ2n) is 9.00. The van der Waals surface area contributed by atoms with Gasteiger partial charge in [-0.3, -0.25) is 9.59 Å². The average Bonchev–Trinajstić information content (AvgIpc) is 3.30. The predicted molar refractivity (Wildman–Crippen MR) is 131 cm³/mol. The molecule has 5 N–H and O–H groups in total. The fourth-order valence-electron chi connectivity index (χ4n) is 4.77. The molecule has 0 bridgehead atoms. The zero-order chi connectivity index (χ0) is 23.2. The van der Waals surface area contributed by atoms with E-state index in [9.17, 15) is 9.59 Å². The number of aryl methyl sites for hydroxylation is 2. The molecule has 1 heterocycles. The number of Topliss-reactive ketones (excluding diaryl/α,β-unsaturated/α-hetero) is 1. The highest BCUT2D eigenvalue weighted by Gasteiger charge is 2.34. The smallest absolute Gasteiger partial charge is 0.237 e. The Hall–Kier alpha value is -3.25. The number of anilines is 1. The summed E-state index contributed by atoms with van der Waals surface area (Å²) in [4.78, 5) is 29.8. The molecule has 1 saturated carbocycles. The first-order valence-electron chi connectivity index (χ1n) is 11.8. The second kappa shape index (κ2) is 10.6. The van der Waals surface area contributed by atoms with E-state index in [1.165, 1.54) is 5.56 Å². The number of rotatable bonds is 9. The molecule has 6 heteroatoms. The van der Waals surface area contributed by atoms with E-state index in [1.54, 1.807) is 6.20 Å². The van der Waals surface area contributed by atoms with Gasteiger partial charge in [0, 0.05) is 30.0 Å². The minimum absolute atomic E-state index is 0.116. The molecule has 3 atom stereocenters. The van der Waals surface area contributed by atoms with Gasteiger partial charge in [0.2, 0.25) is 5.91 Å². The normalized spacial score (nSPS) is 18.8. The van der Waals surface area contributed by atoms with Crippen LogP contribution in [0.1, 0.15) is 43.2 Å². The van der Waals surface area contributed by atoms with Gasteiger partial charge in [0.25, 0.3) is 0 Å². The lowest BCUT2D eigenvalue weighted by Gasteiger charge is -2.22. The number of hydrogen-bond donors (Lipinski definition) is 3. The van der Waals surface area contributed by atoms with Gasteiger partial charge in [0.15, 0.2) is 0 Å². The molecular formula is C27H32N4O2. The molecule has 33 heavy (non-hydrogen) atoms. The maximum Gasteiger partial charge on any atom is 0.237 e. The Kier molecular flexibility index (Phi) is 7.35. The fraction of sp³-hybridized carbons (Fsp3) is 0.370. The number of aromatic nitrogens is 1. The highest BCUT2D eigenvalue weighted by Crippen LogP contribution is 2.28. The molecule has 0 spiro atoms. The molecule has 2 aromatic carbocycles. The summed E-state index contributed by atoms with van der Waals surface area (Å²) < 4.78 is 0. The first-order chi connectivity index (χ1) is 16.0. The molecule has 1 aliphatic rings. The minimum Gasteiger partial charge on any atom is -0.383 e. The molecule has 4 rings (SSSR count). The lowest BCUT2D eigenvalue weighted by molar-refractivity contribution is -0.125. The topological polar surface area (TPSA) is 111 Å². The van der Waals surface area contributed by atoms with Gasteiger partial charge in [-0.2, -0.15) is 0 Å². The molecule has 3 aromatic rings. The Morgan fingerprint density at radius 1 is 1.03 bits per heavy atom. The molecule has 172 valence electrons. The van der Waals surface area contributed by atoms with Gasteiger partial charge in [0.1, 0.15) is 11.6 Å². The van der Waals surface area contributed by atoms with Crippen molar-refractivity contribution in [3.63, 3.8) is 0 Å². The van der Waals surface area contributed by atoms with E-state index in [2.05, 4.69) is 16.4 Å². The van der Waals surface area contributed by atoms with Gasteiger partial charge in [-0.25, -0.2) is 4.98 Å². The molecule has 6 nitrogen and oxygen atoms in total. The van der Waals surface area contributed by atoms with Crippen LogP contribution in [0.2, 0.25) is 0 Å². The van der Waals surface area contributed by atoms with Crippen LogP contribution in [0.3, 0.4) is 0 Å². The van der Waals surface area contributed by atoms with Gasteiger partial charge in [0.05, 0.1) is 6.04 Å². The summed E-state index contributed by atoms with van der Waals surface area (Å²) in [5, 5.41) is 5.03. The summed E-state index contributed by atoms with van der Waals surface area (Å²) in [5.41, 5.74) is 14.3. The number of ketones is 1. The Morgan fingerprint density at radius 2 is 1.85 bits per heavy atom. The highest BCUT2D eigenvalue weighted by atomic mass is 16.2. The SMILES string of the molecule is Nc1nccc2cc(CCC(=O)[C@H]3CCC[C@@H]3NC(=O)[C@H](N)CCc3ccccc3)ccc12. The largest absolute Gasteiger partial charge is 0.383 e. The van der Waals surface area contributed by atoms with Crippen LogP contribution >= 0.6 is 0 Å². The van der Waals surface area contributed by atoms with Crippen LogP contribution in [-0.2, 0) is 22.4 Å². The Balaban J connectivity index is 1.29. The number of nitrogen functional groups attached to an aromatic ring is 1. The molecular weight excluding hydrogens is 412 g/mol. The summed E-state index contributed by atoms with van der Waals surface area (Å²) in [6, 6.07) is 17.3. The van der Waals surface area contributed by atoms with Gasteiger partial charge in [-0.1, -0.05) is 55.0 Å². The quantitative estimate of drug-likeness (QED) is 0.467. The summed E-state index contributed by atoms with van der Waals surface area (Å²) in [6.45, 7) is 0. The van der Waals surface area contributed by atoms with E-state index in [0.717, 1.165) is 42.0 Å². The van der Waals surface area contributed by atoms with Crippen molar-refractivity contribution < 1.29 is 9.59 Å². The number of nitrogens with one attached hydrogen (secondary N) is 1. The van der Waals surface area contributed by atoms with E-state index in [0.29, 0.717) is 25.1 Å². The monoisotopic (exact) mass is 444 g/mol. The zero-order valence-electron chi connectivity index (χ0n) is 18.9. The van der Waals surface area contributed by atoms with Gasteiger partial charge >= 0.3 is 0 Å². The van der Waals surface area contributed by atoms with Crippen molar-refractivity contribution in [2.24, 2.45) is 11.7 Å². The second-order valence-corrected chi connectivity index (χ2v) is 9.00. The Bertz CT molecular complexity index is 1120. The number of nitrogens with zero attached hydrogens (tertiary/aromatic N) is 1. The van der Waals surface area contributed by atoms with E-state index in [1.807, 2.05) is 48.5 Å². The number of carbonyl (C=O) groups excluding carboxylic acids is 2. The lowest BCUT2D eigenvalue weighted by Crippen LogP contribution is -2.48. The first-order valence-corrected chi connectivity index (χ1v) is 11.8. The number of benzene rings is 2. The molecule has 1 fully saturated rings. The summed E-state index contributed by atoms with van der Waals surface area (Å²) in [5.74, 6) is 0.443. The van der Waals surface area contributed by atoms with Crippen LogP contribution in [0.25, 0.3) is 10.8 Å². The third-order valence-corrected chi connectivity index (χ3v) is 6.70. The maximum absolute atomic E-state index is 13.0. The van der Waals surface area contributed by atoms with Crippen molar-refractivity contribution in [3.05, 3.63) is 71.9 Å². The number of amides is 1. The van der Waals surface area contributed by atoms with Crippen LogP contribution < -0.4 is 16.8 Å². The van der Waals surface area contributed by atoms with Gasteiger partial charge in [-0.15, -0.1) is 0 Å². The zero-order valence-corrected chi connectivity index (χ0v) is 18.9. The number of pyridine rings is 1. The van der Waals surface area contributed by atoms with Crippen molar-refractivity contribution in [2.75, 3.05) is 5.73 Å². The Labute approximate surface area is 194 Å². The van der Waals surface area contributed by atoms with Crippen molar-refractivity contribution >= 4 is 28.3 Å². The van der Waals surface area contributed by atoms with Crippen LogP contribution in [-0.4, -0.2) is 28.8 Å². The molecule has 0 aliphatic heterocycles. The molecule has 0 unspecified atom stereocenters. The van der Waals surface area contributed by atoms with Gasteiger partial charge in [-0.05, 0) is 54.7 Å². The van der Waals surface area contributed by atoms with Gasteiger partial charge < -0.3 is 16.8 Å². The first kappa shape index (κ1) is 22.9. The molecule has 0 radical (unpaired) electrons. The van der Waals surface area contributed by atoms with Crippen LogP contribution in [0, 0.1) is 5.92 Å². The number of nitrogens with two attached hydrogens (primary N) is 2. The third-order valence-electron chi connectivity index (χ3n) is 6.70. The molecule has 1 amide bonds. The number of carbonyl (C=O) groups is 2. The summed E-state index contributed by atoms with van der Waals surface area (Å²) >= 11 is 0. The number of hydrogen-bond acceptors (Lipinski definition) is 5. The van der Waals surface area contributed by atoms with Crippen LogP contribution in [0.4, 0.5) is 5.82 Å². The number of fused-ring (bicyclic) bond motifs is 1. The summed E-state index contributed by atoms with van der Waals surface area (Å²) in [6.07, 6.45) is 6.78. The Morgan fingerprint density at radius 3 is 2.67 bits per heavy atom.